The first-order valence-corrected chi connectivity index (χ1v) is 7.39. The van der Waals surface area contributed by atoms with Crippen LogP contribution in [-0.4, -0.2) is 12.2 Å². The predicted molar refractivity (Wildman–Crippen MR) is 83.5 cm³/mol. The molecule has 104 valence electrons. The Kier molecular flexibility index (Phi) is 3.57. The van der Waals surface area contributed by atoms with E-state index >= 15 is 0 Å². The van der Waals surface area contributed by atoms with E-state index in [4.69, 9.17) is 4.74 Å². The van der Waals surface area contributed by atoms with Crippen molar-refractivity contribution in [3.8, 4) is 11.5 Å². The van der Waals surface area contributed by atoms with Gasteiger partial charge in [-0.15, -0.1) is 0 Å². The summed E-state index contributed by atoms with van der Waals surface area (Å²) in [7, 11) is 1.67. The molecule has 2 N–H and O–H groups in total. The number of hydrogen-bond acceptors (Lipinski definition) is 3. The summed E-state index contributed by atoms with van der Waals surface area (Å²) in [5.41, 5.74) is 3.19. The maximum Gasteiger partial charge on any atom is 0.142 e. The highest BCUT2D eigenvalue weighted by atomic mass is 79.9. The summed E-state index contributed by atoms with van der Waals surface area (Å²) in [6, 6.07) is 11.8. The molecule has 1 atom stereocenters. The van der Waals surface area contributed by atoms with Crippen molar-refractivity contribution >= 4 is 21.6 Å². The predicted octanol–water partition coefficient (Wildman–Crippen LogP) is 4.26. The van der Waals surface area contributed by atoms with Crippen molar-refractivity contribution in [1.29, 1.82) is 0 Å². The van der Waals surface area contributed by atoms with E-state index in [1.165, 1.54) is 5.56 Å². The molecule has 2 aromatic carbocycles. The lowest BCUT2D eigenvalue weighted by molar-refractivity contribution is 0.416. The van der Waals surface area contributed by atoms with E-state index in [2.05, 4.69) is 27.3 Å². The van der Waals surface area contributed by atoms with Crippen molar-refractivity contribution in [2.45, 2.75) is 18.9 Å². The number of hydrogen-bond donors (Lipinski definition) is 2. The Hall–Kier alpha value is -1.68. The van der Waals surface area contributed by atoms with Gasteiger partial charge in [-0.2, -0.15) is 0 Å². The van der Waals surface area contributed by atoms with Crippen molar-refractivity contribution in [1.82, 2.24) is 0 Å². The SMILES string of the molecule is COc1ccc(Br)cc1NC1CCc2c(O)cccc21. The number of rotatable bonds is 3. The summed E-state index contributed by atoms with van der Waals surface area (Å²) in [6.45, 7) is 0. The summed E-state index contributed by atoms with van der Waals surface area (Å²) in [5, 5.41) is 13.4. The summed E-state index contributed by atoms with van der Waals surface area (Å²) in [6.07, 6.45) is 1.87. The normalized spacial score (nSPS) is 16.8. The molecule has 20 heavy (non-hydrogen) atoms. The zero-order valence-corrected chi connectivity index (χ0v) is 12.8. The van der Waals surface area contributed by atoms with Crippen LogP contribution >= 0.6 is 15.9 Å². The molecule has 1 aliphatic rings. The molecule has 0 amide bonds. The lowest BCUT2D eigenvalue weighted by Crippen LogP contribution is -2.08. The number of aromatic hydroxyl groups is 1. The summed E-state index contributed by atoms with van der Waals surface area (Å²) < 4.78 is 6.40. The van der Waals surface area contributed by atoms with Gasteiger partial charge in [-0.05, 0) is 48.2 Å². The van der Waals surface area contributed by atoms with Crippen LogP contribution in [0.25, 0.3) is 0 Å². The van der Waals surface area contributed by atoms with Crippen molar-refractivity contribution in [2.24, 2.45) is 0 Å². The second kappa shape index (κ2) is 5.37. The van der Waals surface area contributed by atoms with Gasteiger partial charge in [0.25, 0.3) is 0 Å². The molecule has 3 nitrogen and oxygen atoms in total. The molecule has 0 radical (unpaired) electrons. The van der Waals surface area contributed by atoms with Crippen LogP contribution in [0.2, 0.25) is 0 Å². The lowest BCUT2D eigenvalue weighted by atomic mass is 10.1. The quantitative estimate of drug-likeness (QED) is 0.881. The maximum absolute atomic E-state index is 9.90. The largest absolute Gasteiger partial charge is 0.508 e. The highest BCUT2D eigenvalue weighted by Crippen LogP contribution is 2.40. The molecular weight excluding hydrogens is 318 g/mol. The van der Waals surface area contributed by atoms with Crippen LogP contribution in [0, 0.1) is 0 Å². The zero-order valence-electron chi connectivity index (χ0n) is 11.2. The van der Waals surface area contributed by atoms with Gasteiger partial charge in [0.05, 0.1) is 18.8 Å². The minimum absolute atomic E-state index is 0.209. The van der Waals surface area contributed by atoms with Crippen LogP contribution in [0.4, 0.5) is 5.69 Å². The Bertz CT molecular complexity index is 642. The molecule has 3 rings (SSSR count). The number of anilines is 1. The van der Waals surface area contributed by atoms with E-state index in [-0.39, 0.29) is 6.04 Å². The number of nitrogens with one attached hydrogen (secondary N) is 1. The smallest absolute Gasteiger partial charge is 0.142 e. The number of benzene rings is 2. The molecule has 0 bridgehead atoms. The Morgan fingerprint density at radius 2 is 2.15 bits per heavy atom. The summed E-state index contributed by atoms with van der Waals surface area (Å²) >= 11 is 3.48. The van der Waals surface area contributed by atoms with Gasteiger partial charge < -0.3 is 15.2 Å². The molecule has 4 heteroatoms. The minimum atomic E-state index is 0.209. The number of ether oxygens (including phenoxy) is 1. The first-order valence-electron chi connectivity index (χ1n) is 6.60. The zero-order chi connectivity index (χ0) is 14.1. The standard InChI is InChI=1S/C16H16BrNO2/c1-20-16-8-5-10(17)9-14(16)18-13-7-6-12-11(13)3-2-4-15(12)19/h2-5,8-9,13,18-19H,6-7H2,1H3. The maximum atomic E-state index is 9.90. The van der Waals surface area contributed by atoms with Crippen LogP contribution in [0.5, 0.6) is 11.5 Å². The molecule has 0 saturated carbocycles. The highest BCUT2D eigenvalue weighted by molar-refractivity contribution is 9.10. The molecule has 0 aliphatic heterocycles. The van der Waals surface area contributed by atoms with E-state index in [9.17, 15) is 5.11 Å². The van der Waals surface area contributed by atoms with Gasteiger partial charge >= 0.3 is 0 Å². The average Bonchev–Trinajstić information content (AvgIpc) is 2.84. The Balaban J connectivity index is 1.91. The lowest BCUT2D eigenvalue weighted by Gasteiger charge is -2.18. The van der Waals surface area contributed by atoms with Crippen LogP contribution < -0.4 is 10.1 Å². The first kappa shape index (κ1) is 13.3. The van der Waals surface area contributed by atoms with Gasteiger partial charge in [0, 0.05) is 4.47 Å². The number of halogens is 1. The van der Waals surface area contributed by atoms with Crippen LogP contribution in [0.15, 0.2) is 40.9 Å². The van der Waals surface area contributed by atoms with Crippen molar-refractivity contribution in [2.75, 3.05) is 12.4 Å². The molecule has 0 spiro atoms. The summed E-state index contributed by atoms with van der Waals surface area (Å²) in [5.74, 6) is 1.22. The molecule has 1 unspecified atom stereocenters. The fourth-order valence-electron chi connectivity index (χ4n) is 2.77. The number of phenolic OH excluding ortho intramolecular Hbond substituents is 1. The average molecular weight is 334 g/mol. The van der Waals surface area contributed by atoms with Gasteiger partial charge in [-0.3, -0.25) is 0 Å². The Morgan fingerprint density at radius 1 is 1.30 bits per heavy atom. The molecule has 0 heterocycles. The van der Waals surface area contributed by atoms with Gasteiger partial charge in [0.15, 0.2) is 0 Å². The number of fused-ring (bicyclic) bond motifs is 1. The molecule has 1 aliphatic carbocycles. The van der Waals surface area contributed by atoms with E-state index in [1.54, 1.807) is 13.2 Å². The third-order valence-corrected chi connectivity index (χ3v) is 4.23. The van der Waals surface area contributed by atoms with Crippen LogP contribution in [-0.2, 0) is 6.42 Å². The topological polar surface area (TPSA) is 41.5 Å². The van der Waals surface area contributed by atoms with Crippen LogP contribution in [0.3, 0.4) is 0 Å². The summed E-state index contributed by atoms with van der Waals surface area (Å²) in [4.78, 5) is 0. The molecule has 0 aromatic heterocycles. The fourth-order valence-corrected chi connectivity index (χ4v) is 3.13. The van der Waals surface area contributed by atoms with Gasteiger partial charge in [0.2, 0.25) is 0 Å². The van der Waals surface area contributed by atoms with Crippen molar-refractivity contribution in [3.05, 3.63) is 52.0 Å². The fraction of sp³-hybridized carbons (Fsp3) is 0.250. The molecular formula is C16H16BrNO2. The monoisotopic (exact) mass is 333 g/mol. The Labute approximate surface area is 126 Å². The van der Waals surface area contributed by atoms with Gasteiger partial charge in [0.1, 0.15) is 11.5 Å². The van der Waals surface area contributed by atoms with Gasteiger partial charge in [-0.25, -0.2) is 0 Å². The van der Waals surface area contributed by atoms with E-state index < -0.39 is 0 Å². The molecule has 0 saturated heterocycles. The minimum Gasteiger partial charge on any atom is -0.508 e. The second-order valence-electron chi connectivity index (χ2n) is 4.93. The third-order valence-electron chi connectivity index (χ3n) is 3.74. The number of phenols is 1. The van der Waals surface area contributed by atoms with E-state index in [0.29, 0.717) is 5.75 Å². The van der Waals surface area contributed by atoms with Gasteiger partial charge in [-0.1, -0.05) is 28.1 Å². The number of methoxy groups -OCH3 is 1. The molecule has 0 fully saturated rings. The second-order valence-corrected chi connectivity index (χ2v) is 5.84. The van der Waals surface area contributed by atoms with E-state index in [0.717, 1.165) is 34.3 Å². The first-order chi connectivity index (χ1) is 9.69. The van der Waals surface area contributed by atoms with Crippen molar-refractivity contribution < 1.29 is 9.84 Å². The third kappa shape index (κ3) is 2.36. The van der Waals surface area contributed by atoms with E-state index in [1.807, 2.05) is 24.3 Å². The van der Waals surface area contributed by atoms with Crippen LogP contribution in [0.1, 0.15) is 23.6 Å². The Morgan fingerprint density at radius 3 is 2.95 bits per heavy atom. The molecule has 2 aromatic rings. The highest BCUT2D eigenvalue weighted by Gasteiger charge is 2.25. The van der Waals surface area contributed by atoms with Crippen molar-refractivity contribution in [3.63, 3.8) is 0 Å².